The lowest BCUT2D eigenvalue weighted by Crippen LogP contribution is -2.10. The van der Waals surface area contributed by atoms with Crippen LogP contribution in [0.1, 0.15) is 32.1 Å². The molecule has 0 aromatic carbocycles. The lowest BCUT2D eigenvalue weighted by atomic mass is 9.89. The Balaban J connectivity index is 2.37. The smallest absolute Gasteiger partial charge is 0.376 e. The molecule has 0 amide bonds. The van der Waals surface area contributed by atoms with Crippen LogP contribution in [-0.2, 0) is 9.59 Å². The number of carbonyl (C=O) groups is 2. The number of carboxylic acid groups (broad SMARTS) is 1. The predicted molar refractivity (Wildman–Crippen MR) is 48.4 cm³/mol. The van der Waals surface area contributed by atoms with Crippen molar-refractivity contribution >= 4 is 11.8 Å². The zero-order chi connectivity index (χ0) is 9.68. The average Bonchev–Trinajstić information content (AvgIpc) is 2.15. The molecule has 1 N–H and O–H groups in total. The fourth-order valence-electron chi connectivity index (χ4n) is 1.62. The third kappa shape index (κ3) is 3.40. The van der Waals surface area contributed by atoms with Crippen LogP contribution in [0.2, 0.25) is 0 Å². The summed E-state index contributed by atoms with van der Waals surface area (Å²) in [6, 6.07) is 0. The highest BCUT2D eigenvalue weighted by molar-refractivity contribution is 6.37. The lowest BCUT2D eigenvalue weighted by Gasteiger charge is -2.17. The van der Waals surface area contributed by atoms with E-state index < -0.39 is 11.8 Å². The summed E-state index contributed by atoms with van der Waals surface area (Å²) in [5, 5.41) is 8.31. The SMILES string of the molecule is O=C(O)C(=O)C=CC1CCCCC1. The van der Waals surface area contributed by atoms with E-state index >= 15 is 0 Å². The Morgan fingerprint density at radius 3 is 2.31 bits per heavy atom. The maximum atomic E-state index is 10.7. The molecule has 0 atom stereocenters. The first-order valence-electron chi connectivity index (χ1n) is 4.65. The van der Waals surface area contributed by atoms with Crippen LogP contribution < -0.4 is 0 Å². The highest BCUT2D eigenvalue weighted by atomic mass is 16.4. The van der Waals surface area contributed by atoms with Gasteiger partial charge in [-0.1, -0.05) is 25.3 Å². The van der Waals surface area contributed by atoms with Gasteiger partial charge in [-0.25, -0.2) is 4.79 Å². The number of hydrogen-bond donors (Lipinski definition) is 1. The largest absolute Gasteiger partial charge is 0.475 e. The topological polar surface area (TPSA) is 54.4 Å². The van der Waals surface area contributed by atoms with Crippen molar-refractivity contribution in [2.24, 2.45) is 5.92 Å². The molecule has 0 unspecified atom stereocenters. The molecule has 0 saturated heterocycles. The number of aliphatic carboxylic acids is 1. The predicted octanol–water partition coefficient (Wildman–Crippen LogP) is 1.78. The molecule has 0 heterocycles. The molecule has 1 rings (SSSR count). The van der Waals surface area contributed by atoms with Crippen molar-refractivity contribution in [3.63, 3.8) is 0 Å². The van der Waals surface area contributed by atoms with Crippen molar-refractivity contribution in [3.05, 3.63) is 12.2 Å². The summed E-state index contributed by atoms with van der Waals surface area (Å²) in [7, 11) is 0. The molecule has 0 aromatic rings. The van der Waals surface area contributed by atoms with Crippen LogP contribution in [0.3, 0.4) is 0 Å². The van der Waals surface area contributed by atoms with Crippen molar-refractivity contribution < 1.29 is 14.7 Å². The molecule has 3 heteroatoms. The minimum Gasteiger partial charge on any atom is -0.475 e. The number of carboxylic acids is 1. The van der Waals surface area contributed by atoms with Gasteiger partial charge in [-0.2, -0.15) is 0 Å². The van der Waals surface area contributed by atoms with Gasteiger partial charge in [0, 0.05) is 0 Å². The Bertz CT molecular complexity index is 224. The second-order valence-electron chi connectivity index (χ2n) is 3.43. The molecule has 0 aliphatic heterocycles. The van der Waals surface area contributed by atoms with Gasteiger partial charge >= 0.3 is 5.97 Å². The quantitative estimate of drug-likeness (QED) is 0.534. The molecule has 3 nitrogen and oxygen atoms in total. The lowest BCUT2D eigenvalue weighted by molar-refractivity contribution is -0.146. The monoisotopic (exact) mass is 182 g/mol. The molecule has 0 spiro atoms. The highest BCUT2D eigenvalue weighted by Crippen LogP contribution is 2.24. The molecule has 0 radical (unpaired) electrons. The Labute approximate surface area is 77.4 Å². The van der Waals surface area contributed by atoms with Gasteiger partial charge in [-0.15, -0.1) is 0 Å². The van der Waals surface area contributed by atoms with Crippen LogP contribution in [0.25, 0.3) is 0 Å². The summed E-state index contributed by atoms with van der Waals surface area (Å²) in [5.74, 6) is -1.77. The van der Waals surface area contributed by atoms with Crippen LogP contribution in [0.5, 0.6) is 0 Å². The summed E-state index contributed by atoms with van der Waals surface area (Å²) in [6.45, 7) is 0. The van der Waals surface area contributed by atoms with Crippen molar-refractivity contribution in [1.82, 2.24) is 0 Å². The first-order valence-corrected chi connectivity index (χ1v) is 4.65. The van der Waals surface area contributed by atoms with E-state index in [2.05, 4.69) is 0 Å². The van der Waals surface area contributed by atoms with Gasteiger partial charge in [0.2, 0.25) is 0 Å². The van der Waals surface area contributed by atoms with Gasteiger partial charge in [0.15, 0.2) is 0 Å². The van der Waals surface area contributed by atoms with E-state index in [1.54, 1.807) is 6.08 Å². The molecule has 13 heavy (non-hydrogen) atoms. The highest BCUT2D eigenvalue weighted by Gasteiger charge is 2.12. The number of ketones is 1. The van der Waals surface area contributed by atoms with Gasteiger partial charge in [0.25, 0.3) is 5.78 Å². The van der Waals surface area contributed by atoms with Crippen molar-refractivity contribution in [3.8, 4) is 0 Å². The van der Waals surface area contributed by atoms with Gasteiger partial charge in [0.1, 0.15) is 0 Å². The van der Waals surface area contributed by atoms with E-state index in [1.165, 1.54) is 25.3 Å². The zero-order valence-electron chi connectivity index (χ0n) is 7.53. The zero-order valence-corrected chi connectivity index (χ0v) is 7.53. The van der Waals surface area contributed by atoms with Crippen LogP contribution in [-0.4, -0.2) is 16.9 Å². The summed E-state index contributed by atoms with van der Waals surface area (Å²) < 4.78 is 0. The van der Waals surface area contributed by atoms with Crippen molar-refractivity contribution in [1.29, 1.82) is 0 Å². The van der Waals surface area contributed by atoms with E-state index in [1.807, 2.05) is 0 Å². The first kappa shape index (κ1) is 9.96. The Morgan fingerprint density at radius 1 is 1.15 bits per heavy atom. The van der Waals surface area contributed by atoms with E-state index in [0.717, 1.165) is 12.8 Å². The molecule has 1 aliphatic carbocycles. The van der Waals surface area contributed by atoms with Crippen LogP contribution in [0, 0.1) is 5.92 Å². The molecule has 0 aromatic heterocycles. The maximum absolute atomic E-state index is 10.7. The third-order valence-corrected chi connectivity index (χ3v) is 2.38. The molecule has 0 bridgehead atoms. The fourth-order valence-corrected chi connectivity index (χ4v) is 1.62. The molecule has 1 saturated carbocycles. The first-order chi connectivity index (χ1) is 6.20. The summed E-state index contributed by atoms with van der Waals surface area (Å²) in [4.78, 5) is 20.9. The number of rotatable bonds is 3. The van der Waals surface area contributed by atoms with Crippen LogP contribution in [0.4, 0.5) is 0 Å². The normalized spacial score (nSPS) is 19.1. The van der Waals surface area contributed by atoms with Gasteiger partial charge in [-0.05, 0) is 24.8 Å². The van der Waals surface area contributed by atoms with Gasteiger partial charge < -0.3 is 5.11 Å². The molecule has 1 aliphatic rings. The van der Waals surface area contributed by atoms with Crippen LogP contribution in [0.15, 0.2) is 12.2 Å². The minimum absolute atomic E-state index is 0.414. The molecule has 72 valence electrons. The molecular formula is C10H14O3. The third-order valence-electron chi connectivity index (χ3n) is 2.38. The fraction of sp³-hybridized carbons (Fsp3) is 0.600. The van der Waals surface area contributed by atoms with Crippen LogP contribution >= 0.6 is 0 Å². The summed E-state index contributed by atoms with van der Waals surface area (Å²) in [5.41, 5.74) is 0. The Morgan fingerprint density at radius 2 is 1.77 bits per heavy atom. The van der Waals surface area contributed by atoms with E-state index in [0.29, 0.717) is 5.92 Å². The summed E-state index contributed by atoms with van der Waals surface area (Å²) >= 11 is 0. The van der Waals surface area contributed by atoms with Gasteiger partial charge in [-0.3, -0.25) is 4.79 Å². The van der Waals surface area contributed by atoms with Crippen molar-refractivity contribution in [2.75, 3.05) is 0 Å². The van der Waals surface area contributed by atoms with Gasteiger partial charge in [0.05, 0.1) is 0 Å². The van der Waals surface area contributed by atoms with E-state index in [9.17, 15) is 9.59 Å². The second kappa shape index (κ2) is 4.80. The molecular weight excluding hydrogens is 168 g/mol. The second-order valence-corrected chi connectivity index (χ2v) is 3.43. The van der Waals surface area contributed by atoms with E-state index in [4.69, 9.17) is 5.11 Å². The average molecular weight is 182 g/mol. The number of hydrogen-bond acceptors (Lipinski definition) is 2. The Kier molecular flexibility index (Phi) is 3.68. The van der Waals surface area contributed by atoms with Crippen molar-refractivity contribution in [2.45, 2.75) is 32.1 Å². The Hall–Kier alpha value is -1.12. The maximum Gasteiger partial charge on any atom is 0.376 e. The number of allylic oxidation sites excluding steroid dienone is 1. The molecule has 1 fully saturated rings. The minimum atomic E-state index is -1.37. The van der Waals surface area contributed by atoms with E-state index in [-0.39, 0.29) is 0 Å². The standard InChI is InChI=1S/C10H14O3/c11-9(10(12)13)7-6-8-4-2-1-3-5-8/h6-8H,1-5H2,(H,12,13). The summed E-state index contributed by atoms with van der Waals surface area (Å²) in [6.07, 6.45) is 8.75. The number of carbonyl (C=O) groups excluding carboxylic acids is 1.